The van der Waals surface area contributed by atoms with Gasteiger partial charge in [0.2, 0.25) is 0 Å². The summed E-state index contributed by atoms with van der Waals surface area (Å²) in [5.41, 5.74) is 1.05. The number of hydrogen-bond donors (Lipinski definition) is 2. The van der Waals surface area contributed by atoms with Crippen molar-refractivity contribution in [1.29, 1.82) is 0 Å². The Bertz CT molecular complexity index is 298. The van der Waals surface area contributed by atoms with Crippen molar-refractivity contribution in [1.82, 2.24) is 0 Å². The summed E-state index contributed by atoms with van der Waals surface area (Å²) in [4.78, 5) is 1.55. The first-order valence-electron chi connectivity index (χ1n) is 5.86. The van der Waals surface area contributed by atoms with Gasteiger partial charge >= 0.3 is 0 Å². The summed E-state index contributed by atoms with van der Waals surface area (Å²) in [7, 11) is 0. The van der Waals surface area contributed by atoms with Crippen LogP contribution < -0.4 is 17.3 Å². The van der Waals surface area contributed by atoms with E-state index in [0.717, 1.165) is 5.56 Å². The van der Waals surface area contributed by atoms with Crippen molar-refractivity contribution in [2.45, 2.75) is 31.9 Å². The molecule has 0 amide bonds. The van der Waals surface area contributed by atoms with Crippen LogP contribution >= 0.6 is 0 Å². The van der Waals surface area contributed by atoms with Crippen LogP contribution in [0.1, 0.15) is 31.4 Å². The molecule has 90 valence electrons. The zero-order valence-corrected chi connectivity index (χ0v) is 10.5. The smallest absolute Gasteiger partial charge is 0.130 e. The number of hydrogen-bond acceptors (Lipinski definition) is 1. The van der Waals surface area contributed by atoms with Gasteiger partial charge in [0.1, 0.15) is 12.1 Å². The molecule has 1 aromatic rings. The first-order valence-corrected chi connectivity index (χ1v) is 5.86. The lowest BCUT2D eigenvalue weighted by molar-refractivity contribution is -0.916. The monoisotopic (exact) mass is 241 g/mol. The highest BCUT2D eigenvalue weighted by Gasteiger charge is 2.28. The second-order valence-corrected chi connectivity index (χ2v) is 4.51. The Kier molecular flexibility index (Phi) is 5.26. The SMILES string of the molecule is C[C@@H]([C@H](O)c1ccccc1)[NH+]1CCCC1.[Cl-]. The van der Waals surface area contributed by atoms with E-state index in [2.05, 4.69) is 6.92 Å². The molecule has 2 atom stereocenters. The van der Waals surface area contributed by atoms with Crippen molar-refractivity contribution in [3.63, 3.8) is 0 Å². The number of rotatable bonds is 3. The van der Waals surface area contributed by atoms with Crippen LogP contribution in [0.2, 0.25) is 0 Å². The van der Waals surface area contributed by atoms with Gasteiger partial charge in [-0.2, -0.15) is 0 Å². The van der Waals surface area contributed by atoms with Gasteiger partial charge in [0, 0.05) is 12.8 Å². The summed E-state index contributed by atoms with van der Waals surface area (Å²) in [6.45, 7) is 4.58. The van der Waals surface area contributed by atoms with Crippen molar-refractivity contribution >= 4 is 0 Å². The largest absolute Gasteiger partial charge is 1.00 e. The molecule has 2 N–H and O–H groups in total. The fraction of sp³-hybridized carbons (Fsp3) is 0.538. The van der Waals surface area contributed by atoms with E-state index in [1.807, 2.05) is 30.3 Å². The molecule has 0 radical (unpaired) electrons. The van der Waals surface area contributed by atoms with E-state index in [9.17, 15) is 5.11 Å². The maximum Gasteiger partial charge on any atom is 0.130 e. The van der Waals surface area contributed by atoms with Gasteiger partial charge in [-0.15, -0.1) is 0 Å². The highest BCUT2D eigenvalue weighted by molar-refractivity contribution is 5.17. The van der Waals surface area contributed by atoms with Gasteiger partial charge in [-0.1, -0.05) is 30.3 Å². The summed E-state index contributed by atoms with van der Waals surface area (Å²) in [6, 6.07) is 10.3. The van der Waals surface area contributed by atoms with Crippen LogP contribution in [0.15, 0.2) is 30.3 Å². The van der Waals surface area contributed by atoms with E-state index in [-0.39, 0.29) is 18.5 Å². The van der Waals surface area contributed by atoms with E-state index in [1.54, 1.807) is 4.90 Å². The van der Waals surface area contributed by atoms with Crippen LogP contribution in [0, 0.1) is 0 Å². The van der Waals surface area contributed by atoms with E-state index in [4.69, 9.17) is 0 Å². The normalized spacial score (nSPS) is 20.1. The van der Waals surface area contributed by atoms with Crippen LogP contribution in [0.4, 0.5) is 0 Å². The molecule has 16 heavy (non-hydrogen) atoms. The van der Waals surface area contributed by atoms with Gasteiger partial charge in [-0.05, 0) is 12.5 Å². The van der Waals surface area contributed by atoms with Crippen LogP contribution in [-0.2, 0) is 0 Å². The Balaban J connectivity index is 0.00000128. The standard InChI is InChI=1S/C13H19NO.ClH/c1-11(14-9-5-6-10-14)13(15)12-7-3-2-4-8-12;/h2-4,7-8,11,13,15H,5-6,9-10H2,1H3;1H/t11-,13-;/m0./s1. The minimum atomic E-state index is -0.320. The Labute approximate surface area is 104 Å². The number of aliphatic hydroxyl groups is 1. The summed E-state index contributed by atoms with van der Waals surface area (Å²) >= 11 is 0. The third kappa shape index (κ3) is 2.97. The minimum absolute atomic E-state index is 0. The molecule has 1 heterocycles. The van der Waals surface area contributed by atoms with Crippen LogP contribution in [-0.4, -0.2) is 24.2 Å². The highest BCUT2D eigenvalue weighted by Crippen LogP contribution is 2.14. The summed E-state index contributed by atoms with van der Waals surface area (Å²) in [5.74, 6) is 0. The molecule has 1 aliphatic rings. The molecule has 0 aliphatic carbocycles. The lowest BCUT2D eigenvalue weighted by atomic mass is 10.0. The van der Waals surface area contributed by atoms with Gasteiger partial charge < -0.3 is 22.4 Å². The molecule has 1 saturated heterocycles. The second-order valence-electron chi connectivity index (χ2n) is 4.51. The number of nitrogens with one attached hydrogen (secondary N) is 1. The van der Waals surface area contributed by atoms with Crippen molar-refractivity contribution < 1.29 is 22.4 Å². The molecule has 0 unspecified atom stereocenters. The zero-order chi connectivity index (χ0) is 10.7. The molecule has 0 saturated carbocycles. The Morgan fingerprint density at radius 3 is 2.25 bits per heavy atom. The van der Waals surface area contributed by atoms with Crippen molar-refractivity contribution in [3.05, 3.63) is 35.9 Å². The molecule has 2 nitrogen and oxygen atoms in total. The molecule has 0 bridgehead atoms. The average molecular weight is 242 g/mol. The molecule has 1 aromatic carbocycles. The fourth-order valence-corrected chi connectivity index (χ4v) is 2.45. The first kappa shape index (κ1) is 13.5. The number of halogens is 1. The number of aliphatic hydroxyl groups excluding tert-OH is 1. The van der Waals surface area contributed by atoms with Crippen molar-refractivity contribution in [3.8, 4) is 0 Å². The lowest BCUT2D eigenvalue weighted by Gasteiger charge is -2.25. The average Bonchev–Trinajstić information content (AvgIpc) is 2.82. The van der Waals surface area contributed by atoms with Crippen molar-refractivity contribution in [2.24, 2.45) is 0 Å². The van der Waals surface area contributed by atoms with E-state index in [0.29, 0.717) is 6.04 Å². The van der Waals surface area contributed by atoms with E-state index >= 15 is 0 Å². The number of likely N-dealkylation sites (tertiary alicyclic amines) is 1. The van der Waals surface area contributed by atoms with Gasteiger partial charge in [-0.25, -0.2) is 0 Å². The molecule has 1 aliphatic heterocycles. The molecular formula is C13H20ClNO. The van der Waals surface area contributed by atoms with E-state index < -0.39 is 0 Å². The molecular weight excluding hydrogens is 222 g/mol. The Morgan fingerprint density at radius 1 is 1.12 bits per heavy atom. The Hall–Kier alpha value is -0.570. The molecule has 0 aromatic heterocycles. The van der Waals surface area contributed by atoms with Crippen LogP contribution in [0.25, 0.3) is 0 Å². The van der Waals surface area contributed by atoms with E-state index in [1.165, 1.54) is 25.9 Å². The molecule has 0 spiro atoms. The first-order chi connectivity index (χ1) is 7.29. The molecule has 1 fully saturated rings. The van der Waals surface area contributed by atoms with Gasteiger partial charge in [0.05, 0.1) is 13.1 Å². The van der Waals surface area contributed by atoms with Crippen LogP contribution in [0.3, 0.4) is 0 Å². The predicted molar refractivity (Wildman–Crippen MR) is 60.8 cm³/mol. The third-order valence-corrected chi connectivity index (χ3v) is 3.50. The zero-order valence-electron chi connectivity index (χ0n) is 9.70. The summed E-state index contributed by atoms with van der Waals surface area (Å²) < 4.78 is 0. The quantitative estimate of drug-likeness (QED) is 0.617. The second kappa shape index (κ2) is 6.24. The summed E-state index contributed by atoms with van der Waals surface area (Å²) in [5, 5.41) is 10.2. The third-order valence-electron chi connectivity index (χ3n) is 3.50. The maximum atomic E-state index is 10.2. The minimum Gasteiger partial charge on any atom is -1.00 e. The number of quaternary nitrogens is 1. The van der Waals surface area contributed by atoms with Gasteiger partial charge in [0.25, 0.3) is 0 Å². The van der Waals surface area contributed by atoms with Crippen LogP contribution in [0.5, 0.6) is 0 Å². The highest BCUT2D eigenvalue weighted by atomic mass is 35.5. The summed E-state index contributed by atoms with van der Waals surface area (Å²) in [6.07, 6.45) is 2.29. The molecule has 3 heteroatoms. The van der Waals surface area contributed by atoms with Crippen molar-refractivity contribution in [2.75, 3.05) is 13.1 Å². The lowest BCUT2D eigenvalue weighted by Crippen LogP contribution is -3.14. The number of benzene rings is 1. The Morgan fingerprint density at radius 2 is 1.69 bits per heavy atom. The van der Waals surface area contributed by atoms with Gasteiger partial charge in [0.15, 0.2) is 0 Å². The van der Waals surface area contributed by atoms with Gasteiger partial charge in [-0.3, -0.25) is 0 Å². The molecule has 2 rings (SSSR count). The maximum absolute atomic E-state index is 10.2. The topological polar surface area (TPSA) is 24.7 Å². The predicted octanol–water partition coefficient (Wildman–Crippen LogP) is -2.21. The fourth-order valence-electron chi connectivity index (χ4n) is 2.45.